The molecule has 4 aliphatic rings. The van der Waals surface area contributed by atoms with Gasteiger partial charge in [0, 0.05) is 22.7 Å². The third-order valence-electron chi connectivity index (χ3n) is 14.3. The van der Waals surface area contributed by atoms with Gasteiger partial charge in [-0.25, -0.2) is 0 Å². The molecule has 61 heavy (non-hydrogen) atoms. The Morgan fingerprint density at radius 2 is 0.918 bits per heavy atom. The second kappa shape index (κ2) is 13.0. The van der Waals surface area contributed by atoms with E-state index in [0.717, 1.165) is 6.42 Å². The van der Waals surface area contributed by atoms with Gasteiger partial charge in [-0.15, -0.1) is 0 Å². The van der Waals surface area contributed by atoms with Crippen LogP contribution in [0.4, 0.5) is 11.4 Å². The van der Waals surface area contributed by atoms with Gasteiger partial charge in [0.25, 0.3) is 0 Å². The van der Waals surface area contributed by atoms with Crippen molar-refractivity contribution in [2.75, 3.05) is 4.90 Å². The van der Waals surface area contributed by atoms with E-state index in [4.69, 9.17) is 0 Å². The zero-order chi connectivity index (χ0) is 40.1. The van der Waals surface area contributed by atoms with Crippen molar-refractivity contribution in [1.82, 2.24) is 0 Å². The van der Waals surface area contributed by atoms with Crippen LogP contribution in [0.1, 0.15) is 62.4 Å². The van der Waals surface area contributed by atoms with Crippen LogP contribution in [0.3, 0.4) is 0 Å². The Hall–Kier alpha value is -7.48. The first kappa shape index (κ1) is 34.4. The van der Waals surface area contributed by atoms with Crippen molar-refractivity contribution in [3.05, 3.63) is 286 Å². The molecule has 1 nitrogen and oxygen atoms in total. The van der Waals surface area contributed by atoms with Crippen molar-refractivity contribution in [2.45, 2.75) is 23.2 Å². The van der Waals surface area contributed by atoms with E-state index in [1.807, 2.05) is 0 Å². The molecule has 0 fully saturated rings. The van der Waals surface area contributed by atoms with E-state index in [1.165, 1.54) is 100 Å². The molecule has 1 heteroatoms. The average molecular weight is 776 g/mol. The van der Waals surface area contributed by atoms with Gasteiger partial charge in [-0.2, -0.15) is 0 Å². The molecule has 0 aromatic heterocycles. The molecule has 9 aromatic rings. The summed E-state index contributed by atoms with van der Waals surface area (Å²) < 4.78 is 0. The van der Waals surface area contributed by atoms with Crippen LogP contribution in [0, 0.1) is 0 Å². The highest BCUT2D eigenvalue weighted by Gasteiger charge is 2.58. The van der Waals surface area contributed by atoms with Gasteiger partial charge in [0.15, 0.2) is 0 Å². The van der Waals surface area contributed by atoms with Crippen LogP contribution in [0.15, 0.2) is 236 Å². The fraction of sp³-hybridized carbons (Fsp3) is 0.0667. The lowest BCUT2D eigenvalue weighted by molar-refractivity contribution is 0.627. The molecule has 0 spiro atoms. The SMILES string of the molecule is C1=CCC2C(=C1)N(c1ccccc1)c1c2cc(-c2ccccc2C2(c3ccccc3)c3ccccc3C3(c4ccccc4)c4ccccc4-c4cccc2c43)c2ccccc12. The number of benzene rings is 9. The predicted octanol–water partition coefficient (Wildman–Crippen LogP) is 14.6. The summed E-state index contributed by atoms with van der Waals surface area (Å²) in [5.74, 6) is 0.261. The maximum Gasteiger partial charge on any atom is 0.0720 e. The molecule has 286 valence electrons. The van der Waals surface area contributed by atoms with Crippen LogP contribution >= 0.6 is 0 Å². The van der Waals surface area contributed by atoms with Crippen LogP contribution < -0.4 is 4.90 Å². The molecule has 3 aliphatic carbocycles. The third kappa shape index (κ3) is 4.45. The summed E-state index contributed by atoms with van der Waals surface area (Å²) in [6.07, 6.45) is 7.88. The maximum absolute atomic E-state index is 2.56. The number of nitrogens with zero attached hydrogens (tertiary/aromatic N) is 1. The van der Waals surface area contributed by atoms with Crippen LogP contribution in [0.25, 0.3) is 33.0 Å². The highest BCUT2D eigenvalue weighted by atomic mass is 15.2. The highest BCUT2D eigenvalue weighted by Crippen LogP contribution is 2.66. The summed E-state index contributed by atoms with van der Waals surface area (Å²) in [6, 6.07) is 80.3. The van der Waals surface area contributed by atoms with E-state index in [2.05, 4.69) is 235 Å². The summed E-state index contributed by atoms with van der Waals surface area (Å²) >= 11 is 0. The lowest BCUT2D eigenvalue weighted by Gasteiger charge is -2.50. The molecule has 0 saturated carbocycles. The molecule has 3 unspecified atom stereocenters. The molecule has 0 saturated heterocycles. The molecule has 0 amide bonds. The molecule has 0 bridgehead atoms. The fourth-order valence-electron chi connectivity index (χ4n) is 12.1. The van der Waals surface area contributed by atoms with Gasteiger partial charge < -0.3 is 4.90 Å². The predicted molar refractivity (Wildman–Crippen MR) is 252 cm³/mol. The van der Waals surface area contributed by atoms with Crippen molar-refractivity contribution in [2.24, 2.45) is 0 Å². The van der Waals surface area contributed by atoms with Crippen molar-refractivity contribution >= 4 is 22.1 Å². The van der Waals surface area contributed by atoms with E-state index < -0.39 is 10.8 Å². The summed E-state index contributed by atoms with van der Waals surface area (Å²) in [4.78, 5) is 2.53. The Bertz CT molecular complexity index is 3290. The van der Waals surface area contributed by atoms with Gasteiger partial charge in [-0.3, -0.25) is 0 Å². The molecule has 13 rings (SSSR count). The number of allylic oxidation sites excluding steroid dienone is 4. The molecule has 3 atom stereocenters. The number of anilines is 2. The van der Waals surface area contributed by atoms with Crippen molar-refractivity contribution in [3.8, 4) is 22.3 Å². The smallest absolute Gasteiger partial charge is 0.0720 e. The topological polar surface area (TPSA) is 3.24 Å². The van der Waals surface area contributed by atoms with E-state index in [-0.39, 0.29) is 5.92 Å². The van der Waals surface area contributed by atoms with E-state index in [0.29, 0.717) is 0 Å². The van der Waals surface area contributed by atoms with Gasteiger partial charge in [0.2, 0.25) is 0 Å². The standard InChI is InChI=1S/C60H41N/c1-4-21-40(22-5-1)59(53-35-17-18-36-54(53)60(41-23-6-2-7-24-41)52-34-16-12-28-44(52)47-32-20-37-55(59)57(47)60)51-33-15-13-29-45(51)49-39-50-46-30-14-19-38-56(46)61(42-25-8-3-9-26-42)58(50)48-31-11-10-27-43(48)49/h1-29,31-39,46H,30H2. The second-order valence-electron chi connectivity index (χ2n) is 17.0. The lowest BCUT2D eigenvalue weighted by Crippen LogP contribution is -2.44. The fourth-order valence-corrected chi connectivity index (χ4v) is 12.1. The summed E-state index contributed by atoms with van der Waals surface area (Å²) in [6.45, 7) is 0. The van der Waals surface area contributed by atoms with Crippen LogP contribution in [-0.4, -0.2) is 0 Å². The Labute approximate surface area is 357 Å². The molecule has 0 radical (unpaired) electrons. The van der Waals surface area contributed by atoms with Gasteiger partial charge in [-0.1, -0.05) is 206 Å². The normalized spacial score (nSPS) is 20.0. The van der Waals surface area contributed by atoms with Gasteiger partial charge in [0.05, 0.1) is 16.5 Å². The van der Waals surface area contributed by atoms with E-state index >= 15 is 0 Å². The average Bonchev–Trinajstić information content (AvgIpc) is 3.84. The highest BCUT2D eigenvalue weighted by molar-refractivity contribution is 6.09. The lowest BCUT2D eigenvalue weighted by atomic mass is 9.51. The Morgan fingerprint density at radius 3 is 1.62 bits per heavy atom. The monoisotopic (exact) mass is 775 g/mol. The van der Waals surface area contributed by atoms with Crippen molar-refractivity contribution in [1.29, 1.82) is 0 Å². The van der Waals surface area contributed by atoms with Gasteiger partial charge in [-0.05, 0) is 108 Å². The zero-order valence-electron chi connectivity index (χ0n) is 33.7. The first-order valence-corrected chi connectivity index (χ1v) is 21.6. The minimum absolute atomic E-state index is 0.261. The quantitative estimate of drug-likeness (QED) is 0.168. The molecule has 1 heterocycles. The number of fused-ring (bicyclic) bond motifs is 10. The number of rotatable bonds is 5. The van der Waals surface area contributed by atoms with Crippen LogP contribution in [0.5, 0.6) is 0 Å². The maximum atomic E-state index is 2.56. The first-order valence-electron chi connectivity index (χ1n) is 21.6. The van der Waals surface area contributed by atoms with E-state index in [1.54, 1.807) is 0 Å². The summed E-state index contributed by atoms with van der Waals surface area (Å²) in [7, 11) is 0. The Morgan fingerprint density at radius 1 is 0.410 bits per heavy atom. The first-order chi connectivity index (χ1) is 30.3. The van der Waals surface area contributed by atoms with Crippen LogP contribution in [-0.2, 0) is 10.8 Å². The van der Waals surface area contributed by atoms with Crippen molar-refractivity contribution in [3.63, 3.8) is 0 Å². The number of hydrogen-bond donors (Lipinski definition) is 0. The summed E-state index contributed by atoms with van der Waals surface area (Å²) in [5, 5.41) is 2.54. The molecular formula is C60H41N. The number of hydrogen-bond acceptors (Lipinski definition) is 1. The molecule has 0 N–H and O–H groups in total. The molecule has 1 aliphatic heterocycles. The largest absolute Gasteiger partial charge is 0.313 e. The molecular weight excluding hydrogens is 735 g/mol. The van der Waals surface area contributed by atoms with Crippen LogP contribution in [0.2, 0.25) is 0 Å². The minimum Gasteiger partial charge on any atom is -0.313 e. The Kier molecular flexibility index (Phi) is 7.33. The van der Waals surface area contributed by atoms with Gasteiger partial charge in [0.1, 0.15) is 0 Å². The number of para-hydroxylation sites is 1. The van der Waals surface area contributed by atoms with Crippen molar-refractivity contribution < 1.29 is 0 Å². The zero-order valence-corrected chi connectivity index (χ0v) is 33.7. The minimum atomic E-state index is -0.658. The Balaban J connectivity index is 1.17. The third-order valence-corrected chi connectivity index (χ3v) is 14.3. The summed E-state index contributed by atoms with van der Waals surface area (Å²) in [5.41, 5.74) is 19.9. The molecule has 9 aromatic carbocycles. The second-order valence-corrected chi connectivity index (χ2v) is 17.0. The van der Waals surface area contributed by atoms with Gasteiger partial charge >= 0.3 is 0 Å². The van der Waals surface area contributed by atoms with E-state index in [9.17, 15) is 0 Å².